The smallest absolute Gasteiger partial charge is 0.330 e. The molecule has 0 aromatic carbocycles. The number of ether oxygens (including phenoxy) is 4. The van der Waals surface area contributed by atoms with Crippen molar-refractivity contribution in [1.29, 1.82) is 0 Å². The van der Waals surface area contributed by atoms with Gasteiger partial charge in [0.15, 0.2) is 0 Å². The largest absolute Gasteiger partial charge is 0.456 e. The number of aliphatic hydroxyl groups excluding tert-OH is 2. The van der Waals surface area contributed by atoms with Gasteiger partial charge in [-0.25, -0.2) is 4.79 Å². The van der Waals surface area contributed by atoms with Crippen molar-refractivity contribution in [1.82, 2.24) is 0 Å². The van der Waals surface area contributed by atoms with Crippen LogP contribution in [-0.4, -0.2) is 71.6 Å². The molecule has 0 aromatic rings. The summed E-state index contributed by atoms with van der Waals surface area (Å²) in [5, 5.41) is 21.7. The molecule has 0 aliphatic carbocycles. The number of rotatable bonds is 3. The Bertz CT molecular complexity index is 919. The van der Waals surface area contributed by atoms with Crippen LogP contribution in [0.5, 0.6) is 0 Å². The van der Waals surface area contributed by atoms with Gasteiger partial charge in [-0.1, -0.05) is 61.1 Å². The molecule has 1 fully saturated rings. The topological polar surface area (TPSA) is 97.8 Å². The van der Waals surface area contributed by atoms with E-state index in [1.165, 1.54) is 11.6 Å². The van der Waals surface area contributed by atoms with Gasteiger partial charge in [-0.05, 0) is 51.4 Å². The summed E-state index contributed by atoms with van der Waals surface area (Å²) >= 11 is 0. The number of aliphatic hydroxyl groups is 2. The van der Waals surface area contributed by atoms with E-state index in [0.29, 0.717) is 25.4 Å². The summed E-state index contributed by atoms with van der Waals surface area (Å²) in [5.74, 6) is -0.141. The van der Waals surface area contributed by atoms with Crippen LogP contribution in [0, 0.1) is 5.92 Å². The highest BCUT2D eigenvalue weighted by Gasteiger charge is 2.46. The number of epoxide rings is 1. The highest BCUT2D eigenvalue weighted by atomic mass is 16.6. The zero-order valence-electron chi connectivity index (χ0n) is 22.0. The summed E-state index contributed by atoms with van der Waals surface area (Å²) < 4.78 is 23.4. The van der Waals surface area contributed by atoms with E-state index in [4.69, 9.17) is 18.9 Å². The van der Waals surface area contributed by atoms with Crippen LogP contribution in [-0.2, 0) is 23.7 Å². The summed E-state index contributed by atoms with van der Waals surface area (Å²) in [4.78, 5) is 12.6. The lowest BCUT2D eigenvalue weighted by atomic mass is 9.91. The van der Waals surface area contributed by atoms with Crippen LogP contribution in [0.2, 0.25) is 0 Å². The predicted octanol–water partition coefficient (Wildman–Crippen LogP) is 4.11. The quantitative estimate of drug-likeness (QED) is 0.332. The number of carbonyl (C=O) groups is 1. The van der Waals surface area contributed by atoms with Gasteiger partial charge < -0.3 is 29.2 Å². The van der Waals surface area contributed by atoms with Crippen LogP contribution in [0.4, 0.5) is 0 Å². The van der Waals surface area contributed by atoms with E-state index in [1.807, 2.05) is 18.2 Å². The molecular formula is C30H42O7. The van der Waals surface area contributed by atoms with Crippen molar-refractivity contribution < 1.29 is 34.0 Å². The number of hydrogen-bond acceptors (Lipinski definition) is 7. The van der Waals surface area contributed by atoms with E-state index in [1.54, 1.807) is 12.2 Å². The lowest BCUT2D eigenvalue weighted by Gasteiger charge is -2.28. The number of hydrogen-bond donors (Lipinski definition) is 2. The summed E-state index contributed by atoms with van der Waals surface area (Å²) in [6, 6.07) is 0. The van der Waals surface area contributed by atoms with Crippen molar-refractivity contribution >= 4 is 5.97 Å². The molecule has 4 aliphatic heterocycles. The predicted molar refractivity (Wildman–Crippen MR) is 141 cm³/mol. The van der Waals surface area contributed by atoms with Crippen LogP contribution >= 0.6 is 0 Å². The molecule has 2 bridgehead atoms. The number of carbonyl (C=O) groups excluding carboxylic acids is 1. The minimum atomic E-state index is -1.03. The van der Waals surface area contributed by atoms with Crippen molar-refractivity contribution in [2.45, 2.75) is 108 Å². The third kappa shape index (κ3) is 8.76. The third-order valence-corrected chi connectivity index (χ3v) is 7.44. The molecule has 7 nitrogen and oxygen atoms in total. The standard InChI is InChI=1S/C30H42O7/c1-19-12-13-34-23(15-19)10-11-25(31)27-18-28-30(37-28)26(32)17-21(3)14-20(2)16-24-8-4-6-22(35-24)7-5-9-29(33)36-27/h4-6,9-12,20,22-28,30-32H,3,7-8,13-18H2,1-2H3/b9-5-,11-10+/t20?,22-,23+,24?,25?,26?,27?,28-,30-/m0/s1. The van der Waals surface area contributed by atoms with Gasteiger partial charge in [0.2, 0.25) is 0 Å². The SMILES string of the molecule is C=C1CC(C)CC2CC=C[C@@H](C/C=C\C(=O)OC(C(O)/C=C/[C@@H]3CC(C)=CCO3)C[C@@H]3O[C@H]3C(O)C1)O2. The van der Waals surface area contributed by atoms with Gasteiger partial charge in [0.25, 0.3) is 0 Å². The molecular weight excluding hydrogens is 472 g/mol. The Hall–Kier alpha value is -2.03. The normalized spacial score (nSPS) is 39.6. The Morgan fingerprint density at radius 3 is 2.78 bits per heavy atom. The Morgan fingerprint density at radius 2 is 1.97 bits per heavy atom. The van der Waals surface area contributed by atoms with Gasteiger partial charge in [0.05, 0.1) is 37.1 Å². The summed E-state index contributed by atoms with van der Waals surface area (Å²) in [6.45, 7) is 8.98. The third-order valence-electron chi connectivity index (χ3n) is 7.44. The second-order valence-corrected chi connectivity index (χ2v) is 11.0. The minimum absolute atomic E-state index is 0.0863. The van der Waals surface area contributed by atoms with E-state index in [-0.39, 0.29) is 36.9 Å². The van der Waals surface area contributed by atoms with Crippen LogP contribution in [0.15, 0.2) is 60.3 Å². The summed E-state index contributed by atoms with van der Waals surface area (Å²) in [5.41, 5.74) is 2.23. The van der Waals surface area contributed by atoms with Crippen molar-refractivity contribution in [2.24, 2.45) is 5.92 Å². The maximum absolute atomic E-state index is 12.6. The zero-order chi connectivity index (χ0) is 26.4. The molecule has 4 heterocycles. The molecule has 4 rings (SSSR count). The fourth-order valence-electron chi connectivity index (χ4n) is 5.45. The second-order valence-electron chi connectivity index (χ2n) is 11.0. The molecule has 0 amide bonds. The highest BCUT2D eigenvalue weighted by molar-refractivity contribution is 5.82. The van der Waals surface area contributed by atoms with Gasteiger partial charge >= 0.3 is 5.97 Å². The first-order valence-corrected chi connectivity index (χ1v) is 13.6. The molecule has 0 aromatic heterocycles. The first-order chi connectivity index (χ1) is 17.8. The molecule has 2 N–H and O–H groups in total. The van der Waals surface area contributed by atoms with Crippen LogP contribution in [0.25, 0.3) is 0 Å². The molecule has 5 unspecified atom stereocenters. The molecule has 204 valence electrons. The van der Waals surface area contributed by atoms with Crippen molar-refractivity contribution in [3.8, 4) is 0 Å². The molecule has 0 radical (unpaired) electrons. The Kier molecular flexibility index (Phi) is 9.96. The maximum atomic E-state index is 12.6. The number of cyclic esters (lactones) is 1. The van der Waals surface area contributed by atoms with Gasteiger partial charge in [0, 0.05) is 12.5 Å². The van der Waals surface area contributed by atoms with Gasteiger partial charge in [0.1, 0.15) is 18.3 Å². The molecule has 7 heteroatoms. The van der Waals surface area contributed by atoms with E-state index >= 15 is 0 Å². The first kappa shape index (κ1) is 28.0. The fourth-order valence-corrected chi connectivity index (χ4v) is 5.45. The van der Waals surface area contributed by atoms with E-state index in [2.05, 4.69) is 26.5 Å². The van der Waals surface area contributed by atoms with Gasteiger partial charge in [-0.3, -0.25) is 0 Å². The Labute approximate surface area is 220 Å². The Balaban J connectivity index is 1.44. The highest BCUT2D eigenvalue weighted by Crippen LogP contribution is 2.35. The summed E-state index contributed by atoms with van der Waals surface area (Å²) in [7, 11) is 0. The van der Waals surface area contributed by atoms with Crippen LogP contribution in [0.3, 0.4) is 0 Å². The second kappa shape index (κ2) is 13.2. The first-order valence-electron chi connectivity index (χ1n) is 13.6. The summed E-state index contributed by atoms with van der Waals surface area (Å²) in [6.07, 6.45) is 14.3. The molecule has 9 atom stereocenters. The van der Waals surface area contributed by atoms with Gasteiger partial charge in [-0.15, -0.1) is 0 Å². The van der Waals surface area contributed by atoms with Crippen molar-refractivity contribution in [3.63, 3.8) is 0 Å². The monoisotopic (exact) mass is 514 g/mol. The fraction of sp³-hybridized carbons (Fsp3) is 0.633. The van der Waals surface area contributed by atoms with Gasteiger partial charge in [-0.2, -0.15) is 0 Å². The van der Waals surface area contributed by atoms with Crippen molar-refractivity contribution in [2.75, 3.05) is 6.61 Å². The maximum Gasteiger partial charge on any atom is 0.330 e. The average Bonchev–Trinajstić information content (AvgIpc) is 3.61. The van der Waals surface area contributed by atoms with E-state index in [0.717, 1.165) is 31.3 Å². The molecule has 0 saturated carbocycles. The molecule has 37 heavy (non-hydrogen) atoms. The number of esters is 1. The molecule has 0 spiro atoms. The van der Waals surface area contributed by atoms with Crippen LogP contribution < -0.4 is 0 Å². The number of fused-ring (bicyclic) bond motifs is 3. The Morgan fingerprint density at radius 1 is 1.14 bits per heavy atom. The zero-order valence-corrected chi connectivity index (χ0v) is 22.0. The lowest BCUT2D eigenvalue weighted by Crippen LogP contribution is -2.32. The van der Waals surface area contributed by atoms with Crippen LogP contribution in [0.1, 0.15) is 58.8 Å². The lowest BCUT2D eigenvalue weighted by molar-refractivity contribution is -0.148. The van der Waals surface area contributed by atoms with E-state index < -0.39 is 24.3 Å². The average molecular weight is 515 g/mol. The minimum Gasteiger partial charge on any atom is -0.456 e. The molecule has 4 aliphatic rings. The molecule has 1 saturated heterocycles. The van der Waals surface area contributed by atoms with E-state index in [9.17, 15) is 15.0 Å². The van der Waals surface area contributed by atoms with Crippen molar-refractivity contribution in [3.05, 3.63) is 60.3 Å².